The van der Waals surface area contributed by atoms with Crippen molar-refractivity contribution >= 4 is 17.6 Å². The van der Waals surface area contributed by atoms with Crippen molar-refractivity contribution in [3.63, 3.8) is 0 Å². The molecule has 1 N–H and O–H groups in total. The molecule has 0 saturated heterocycles. The highest BCUT2D eigenvalue weighted by Crippen LogP contribution is 2.18. The molecule has 0 amide bonds. The van der Waals surface area contributed by atoms with E-state index in [-0.39, 0.29) is 5.69 Å². The summed E-state index contributed by atoms with van der Waals surface area (Å²) in [6.07, 6.45) is 2.83. The van der Waals surface area contributed by atoms with Crippen molar-refractivity contribution in [1.82, 2.24) is 9.78 Å². The molecular weight excluding hydrogens is 264 g/mol. The Kier molecular flexibility index (Phi) is 4.22. The monoisotopic (exact) mass is 278 g/mol. The minimum absolute atomic E-state index is 0.0612. The Morgan fingerprint density at radius 3 is 2.84 bits per heavy atom. The van der Waals surface area contributed by atoms with Crippen LogP contribution in [0.4, 0.5) is 0 Å². The molecule has 0 spiro atoms. The summed E-state index contributed by atoms with van der Waals surface area (Å²) >= 11 is 5.96. The van der Waals surface area contributed by atoms with Crippen LogP contribution < -0.4 is 0 Å². The Labute approximate surface area is 116 Å². The second-order valence-corrected chi connectivity index (χ2v) is 4.76. The summed E-state index contributed by atoms with van der Waals surface area (Å²) in [5.41, 5.74) is 1.73. The quantitative estimate of drug-likeness (QED) is 0.910. The highest BCUT2D eigenvalue weighted by molar-refractivity contribution is 6.30. The van der Waals surface area contributed by atoms with E-state index < -0.39 is 5.97 Å². The van der Waals surface area contributed by atoms with Crippen LogP contribution in [0, 0.1) is 0 Å². The van der Waals surface area contributed by atoms with Gasteiger partial charge in [0.15, 0.2) is 5.69 Å². The van der Waals surface area contributed by atoms with E-state index in [1.807, 2.05) is 12.1 Å². The third-order valence-electron chi connectivity index (χ3n) is 2.84. The van der Waals surface area contributed by atoms with Gasteiger partial charge in [-0.25, -0.2) is 9.48 Å². The summed E-state index contributed by atoms with van der Waals surface area (Å²) in [5, 5.41) is 13.8. The van der Waals surface area contributed by atoms with Gasteiger partial charge in [0.25, 0.3) is 0 Å². The lowest BCUT2D eigenvalue weighted by molar-refractivity contribution is 0.0690. The van der Waals surface area contributed by atoms with Crippen molar-refractivity contribution in [1.29, 1.82) is 0 Å². The number of aryl methyl sites for hydroxylation is 1. The van der Waals surface area contributed by atoms with Gasteiger partial charge in [-0.05, 0) is 37.1 Å². The molecular formula is C14H15ClN2O2. The van der Waals surface area contributed by atoms with E-state index in [4.69, 9.17) is 16.7 Å². The van der Waals surface area contributed by atoms with Gasteiger partial charge in [-0.3, -0.25) is 0 Å². The molecule has 1 aromatic heterocycles. The molecule has 0 bridgehead atoms. The molecule has 0 unspecified atom stereocenters. The molecule has 4 nitrogen and oxygen atoms in total. The number of unbranched alkanes of at least 4 members (excludes halogenated alkanes) is 1. The van der Waals surface area contributed by atoms with Gasteiger partial charge >= 0.3 is 5.97 Å². The predicted molar refractivity (Wildman–Crippen MR) is 74.1 cm³/mol. The maximum Gasteiger partial charge on any atom is 0.356 e. The Bertz CT molecular complexity index is 593. The minimum atomic E-state index is -1.02. The van der Waals surface area contributed by atoms with Gasteiger partial charge in [0.1, 0.15) is 0 Å². The van der Waals surface area contributed by atoms with Gasteiger partial charge < -0.3 is 5.11 Å². The van der Waals surface area contributed by atoms with Crippen molar-refractivity contribution in [2.75, 3.05) is 0 Å². The summed E-state index contributed by atoms with van der Waals surface area (Å²) in [6.45, 7) is 2.10. The zero-order valence-corrected chi connectivity index (χ0v) is 11.4. The molecule has 0 radical (unpaired) electrons. The number of rotatable bonds is 5. The zero-order chi connectivity index (χ0) is 13.8. The number of carboxylic acids is 1. The summed E-state index contributed by atoms with van der Waals surface area (Å²) < 4.78 is 1.66. The Morgan fingerprint density at radius 2 is 2.21 bits per heavy atom. The molecule has 2 rings (SSSR count). The summed E-state index contributed by atoms with van der Waals surface area (Å²) in [7, 11) is 0. The predicted octanol–water partition coefficient (Wildman–Crippen LogP) is 3.57. The van der Waals surface area contributed by atoms with E-state index in [1.165, 1.54) is 0 Å². The second kappa shape index (κ2) is 5.89. The fourth-order valence-corrected chi connectivity index (χ4v) is 2.08. The number of aromatic carboxylic acids is 1. The lowest BCUT2D eigenvalue weighted by Gasteiger charge is -2.07. The highest BCUT2D eigenvalue weighted by Gasteiger charge is 2.14. The molecule has 0 aliphatic heterocycles. The van der Waals surface area contributed by atoms with Crippen LogP contribution in [0.1, 0.15) is 35.9 Å². The number of hydrogen-bond acceptors (Lipinski definition) is 2. The average molecular weight is 279 g/mol. The normalized spacial score (nSPS) is 10.6. The topological polar surface area (TPSA) is 55.1 Å². The van der Waals surface area contributed by atoms with Crippen molar-refractivity contribution in [2.24, 2.45) is 0 Å². The lowest BCUT2D eigenvalue weighted by atomic mass is 10.2. The Balaban J connectivity index is 2.44. The van der Waals surface area contributed by atoms with Crippen LogP contribution in [0.15, 0.2) is 30.3 Å². The summed E-state index contributed by atoms with van der Waals surface area (Å²) in [6, 6.07) is 8.86. The second-order valence-electron chi connectivity index (χ2n) is 4.32. The molecule has 5 heteroatoms. The number of aromatic nitrogens is 2. The van der Waals surface area contributed by atoms with Crippen LogP contribution in [-0.4, -0.2) is 20.9 Å². The van der Waals surface area contributed by atoms with Crippen LogP contribution in [0.25, 0.3) is 5.69 Å². The molecule has 1 heterocycles. The number of hydrogen-bond donors (Lipinski definition) is 1. The van der Waals surface area contributed by atoms with Gasteiger partial charge in [-0.2, -0.15) is 5.10 Å². The number of carbonyl (C=O) groups is 1. The number of carboxylic acid groups (broad SMARTS) is 1. The fraction of sp³-hybridized carbons (Fsp3) is 0.286. The van der Waals surface area contributed by atoms with E-state index in [9.17, 15) is 4.79 Å². The number of halogens is 1. The van der Waals surface area contributed by atoms with Gasteiger partial charge in [-0.15, -0.1) is 0 Å². The van der Waals surface area contributed by atoms with Crippen LogP contribution in [0.3, 0.4) is 0 Å². The van der Waals surface area contributed by atoms with E-state index in [1.54, 1.807) is 22.9 Å². The first kappa shape index (κ1) is 13.6. The van der Waals surface area contributed by atoms with Gasteiger partial charge in [0.05, 0.1) is 5.69 Å². The molecule has 0 atom stereocenters. The first-order valence-electron chi connectivity index (χ1n) is 6.20. The fourth-order valence-electron chi connectivity index (χ4n) is 1.89. The van der Waals surface area contributed by atoms with Crippen molar-refractivity contribution < 1.29 is 9.90 Å². The van der Waals surface area contributed by atoms with Crippen LogP contribution in [-0.2, 0) is 6.42 Å². The summed E-state index contributed by atoms with van der Waals surface area (Å²) in [4.78, 5) is 11.0. The molecule has 0 saturated carbocycles. The molecule has 0 fully saturated rings. The maximum atomic E-state index is 11.0. The molecule has 2 aromatic rings. The molecule has 0 aliphatic carbocycles. The smallest absolute Gasteiger partial charge is 0.356 e. The molecule has 1 aromatic carbocycles. The number of nitrogens with zero attached hydrogens (tertiary/aromatic N) is 2. The largest absolute Gasteiger partial charge is 0.476 e. The van der Waals surface area contributed by atoms with Crippen molar-refractivity contribution in [3.8, 4) is 5.69 Å². The molecule has 100 valence electrons. The lowest BCUT2D eigenvalue weighted by Crippen LogP contribution is -2.03. The van der Waals surface area contributed by atoms with Crippen molar-refractivity contribution in [2.45, 2.75) is 26.2 Å². The maximum absolute atomic E-state index is 11.0. The third-order valence-corrected chi connectivity index (χ3v) is 3.08. The average Bonchev–Trinajstić information content (AvgIpc) is 2.80. The van der Waals surface area contributed by atoms with E-state index >= 15 is 0 Å². The standard InChI is InChI=1S/C14H15ClN2O2/c1-2-3-6-12-9-13(14(18)19)16-17(12)11-7-4-5-10(15)8-11/h4-5,7-9H,2-3,6H2,1H3,(H,18,19). The highest BCUT2D eigenvalue weighted by atomic mass is 35.5. The Hall–Kier alpha value is -1.81. The van der Waals surface area contributed by atoms with Crippen LogP contribution in [0.2, 0.25) is 5.02 Å². The van der Waals surface area contributed by atoms with Crippen LogP contribution in [0.5, 0.6) is 0 Å². The third kappa shape index (κ3) is 3.15. The van der Waals surface area contributed by atoms with E-state index in [0.717, 1.165) is 30.6 Å². The Morgan fingerprint density at radius 1 is 1.42 bits per heavy atom. The van der Waals surface area contributed by atoms with Gasteiger partial charge in [-0.1, -0.05) is 31.0 Å². The first-order valence-corrected chi connectivity index (χ1v) is 6.57. The van der Waals surface area contributed by atoms with Crippen LogP contribution >= 0.6 is 11.6 Å². The van der Waals surface area contributed by atoms with E-state index in [0.29, 0.717) is 5.02 Å². The van der Waals surface area contributed by atoms with Gasteiger partial charge in [0.2, 0.25) is 0 Å². The zero-order valence-electron chi connectivity index (χ0n) is 10.6. The van der Waals surface area contributed by atoms with E-state index in [2.05, 4.69) is 12.0 Å². The minimum Gasteiger partial charge on any atom is -0.476 e. The molecule has 0 aliphatic rings. The number of benzene rings is 1. The SMILES string of the molecule is CCCCc1cc(C(=O)O)nn1-c1cccc(Cl)c1. The first-order chi connectivity index (χ1) is 9.11. The van der Waals surface area contributed by atoms with Gasteiger partial charge in [0, 0.05) is 10.7 Å². The molecule has 19 heavy (non-hydrogen) atoms. The summed E-state index contributed by atoms with van der Waals surface area (Å²) in [5.74, 6) is -1.02. The van der Waals surface area contributed by atoms with Crippen molar-refractivity contribution in [3.05, 3.63) is 46.7 Å².